The van der Waals surface area contributed by atoms with Crippen LogP contribution >= 0.6 is 0 Å². The van der Waals surface area contributed by atoms with Gasteiger partial charge in [-0.3, -0.25) is 9.59 Å². The smallest absolute Gasteiger partial charge is 0.242 e. The van der Waals surface area contributed by atoms with E-state index in [-0.39, 0.29) is 17.6 Å². The van der Waals surface area contributed by atoms with E-state index in [0.717, 1.165) is 12.8 Å². The quantitative estimate of drug-likeness (QED) is 0.288. The van der Waals surface area contributed by atoms with E-state index in [9.17, 15) is 9.59 Å². The Labute approximate surface area is 112 Å². The molecule has 0 aromatic heterocycles. The molecule has 7 heteroatoms. The fourth-order valence-electron chi connectivity index (χ4n) is 2.21. The Balaban J connectivity index is 2.98. The van der Waals surface area contributed by atoms with Gasteiger partial charge in [0.1, 0.15) is 11.5 Å². The van der Waals surface area contributed by atoms with Crippen LogP contribution in [0.1, 0.15) is 33.1 Å². The summed E-state index contributed by atoms with van der Waals surface area (Å²) < 4.78 is 0. The third-order valence-corrected chi connectivity index (χ3v) is 3.60. The Morgan fingerprint density at radius 2 is 2.05 bits per heavy atom. The molecule has 0 bridgehead atoms. The molecule has 1 heterocycles. The number of nitrogens with zero attached hydrogens (tertiary/aromatic N) is 2. The Bertz CT molecular complexity index is 392. The summed E-state index contributed by atoms with van der Waals surface area (Å²) >= 11 is 0. The molecule has 1 aliphatic rings. The van der Waals surface area contributed by atoms with Gasteiger partial charge in [-0.15, -0.1) is 0 Å². The summed E-state index contributed by atoms with van der Waals surface area (Å²) in [7, 11) is 1.55. The first-order chi connectivity index (χ1) is 8.86. The van der Waals surface area contributed by atoms with E-state index >= 15 is 0 Å². The van der Waals surface area contributed by atoms with Crippen LogP contribution in [0.4, 0.5) is 0 Å². The zero-order chi connectivity index (χ0) is 14.6. The van der Waals surface area contributed by atoms with E-state index in [0.29, 0.717) is 13.0 Å². The van der Waals surface area contributed by atoms with Gasteiger partial charge in [0.25, 0.3) is 0 Å². The first kappa shape index (κ1) is 15.3. The highest BCUT2D eigenvalue weighted by molar-refractivity contribution is 6.06. The number of oxime groups is 1. The van der Waals surface area contributed by atoms with Gasteiger partial charge in [0, 0.05) is 13.6 Å². The molecule has 1 saturated heterocycles. The minimum Gasteiger partial charge on any atom is -0.409 e. The SMILES string of the molecule is CNC(=O)C1CCCCN1C(=O)C(C)(C)C(N)=NO. The number of nitrogens with one attached hydrogen (secondary N) is 1. The molecular weight excluding hydrogens is 248 g/mol. The zero-order valence-corrected chi connectivity index (χ0v) is 11.6. The average Bonchev–Trinajstić information content (AvgIpc) is 2.44. The van der Waals surface area contributed by atoms with E-state index in [1.165, 1.54) is 4.90 Å². The fourth-order valence-corrected chi connectivity index (χ4v) is 2.21. The number of hydrogen-bond acceptors (Lipinski definition) is 4. The lowest BCUT2D eigenvalue weighted by molar-refractivity contribution is -0.146. The summed E-state index contributed by atoms with van der Waals surface area (Å²) in [5, 5.41) is 14.2. The number of rotatable bonds is 3. The lowest BCUT2D eigenvalue weighted by Crippen LogP contribution is -2.57. The summed E-state index contributed by atoms with van der Waals surface area (Å²) in [5.41, 5.74) is 4.44. The van der Waals surface area contributed by atoms with Gasteiger partial charge in [0.15, 0.2) is 5.84 Å². The molecule has 0 radical (unpaired) electrons. The van der Waals surface area contributed by atoms with Crippen molar-refractivity contribution in [3.8, 4) is 0 Å². The lowest BCUT2D eigenvalue weighted by Gasteiger charge is -2.38. The molecule has 1 atom stereocenters. The molecule has 108 valence electrons. The summed E-state index contributed by atoms with van der Waals surface area (Å²) in [4.78, 5) is 25.9. The van der Waals surface area contributed by atoms with E-state index in [2.05, 4.69) is 10.5 Å². The van der Waals surface area contributed by atoms with Gasteiger partial charge in [-0.1, -0.05) is 5.16 Å². The van der Waals surface area contributed by atoms with Crippen molar-refractivity contribution in [2.75, 3.05) is 13.6 Å². The molecule has 0 aliphatic carbocycles. The van der Waals surface area contributed by atoms with Crippen LogP contribution in [0.3, 0.4) is 0 Å². The predicted octanol–water partition coefficient (Wildman–Crippen LogP) is -0.114. The Hall–Kier alpha value is -1.79. The highest BCUT2D eigenvalue weighted by atomic mass is 16.4. The van der Waals surface area contributed by atoms with E-state index in [1.54, 1.807) is 20.9 Å². The zero-order valence-electron chi connectivity index (χ0n) is 11.6. The Morgan fingerprint density at radius 3 is 2.58 bits per heavy atom. The van der Waals surface area contributed by atoms with Crippen LogP contribution in [-0.4, -0.2) is 47.4 Å². The average molecular weight is 270 g/mol. The molecule has 0 saturated carbocycles. The summed E-state index contributed by atoms with van der Waals surface area (Å²) in [6, 6.07) is -0.475. The number of carbonyl (C=O) groups is 2. The van der Waals surface area contributed by atoms with Crippen LogP contribution in [0.25, 0.3) is 0 Å². The van der Waals surface area contributed by atoms with Crippen LogP contribution in [0, 0.1) is 5.41 Å². The Kier molecular flexibility index (Phi) is 4.74. The highest BCUT2D eigenvalue weighted by Crippen LogP contribution is 2.25. The number of hydrogen-bond donors (Lipinski definition) is 3. The van der Waals surface area contributed by atoms with Crippen molar-refractivity contribution in [2.24, 2.45) is 16.3 Å². The molecule has 2 amide bonds. The van der Waals surface area contributed by atoms with Gasteiger partial charge in [-0.25, -0.2) is 0 Å². The minimum absolute atomic E-state index is 0.154. The van der Waals surface area contributed by atoms with Crippen LogP contribution < -0.4 is 11.1 Å². The van der Waals surface area contributed by atoms with Crippen LogP contribution in [0.2, 0.25) is 0 Å². The van der Waals surface area contributed by atoms with Gasteiger partial charge < -0.3 is 21.2 Å². The number of amides is 2. The molecule has 1 rings (SSSR count). The van der Waals surface area contributed by atoms with Gasteiger partial charge in [-0.2, -0.15) is 0 Å². The van der Waals surface area contributed by atoms with Gasteiger partial charge in [0.05, 0.1) is 0 Å². The van der Waals surface area contributed by atoms with Gasteiger partial charge >= 0.3 is 0 Å². The topological polar surface area (TPSA) is 108 Å². The molecule has 0 aromatic carbocycles. The van der Waals surface area contributed by atoms with Crippen molar-refractivity contribution >= 4 is 17.6 Å². The van der Waals surface area contributed by atoms with Crippen molar-refractivity contribution in [3.05, 3.63) is 0 Å². The molecule has 0 spiro atoms. The number of likely N-dealkylation sites (tertiary alicyclic amines) is 1. The van der Waals surface area contributed by atoms with Crippen LogP contribution in [0.15, 0.2) is 5.16 Å². The molecule has 1 fully saturated rings. The first-order valence-electron chi connectivity index (χ1n) is 6.37. The summed E-state index contributed by atoms with van der Waals surface area (Å²) in [5.74, 6) is -0.627. The fraction of sp³-hybridized carbons (Fsp3) is 0.750. The van der Waals surface area contributed by atoms with Gasteiger partial charge in [0.2, 0.25) is 11.8 Å². The monoisotopic (exact) mass is 270 g/mol. The normalized spacial score (nSPS) is 21.1. The van der Waals surface area contributed by atoms with Crippen molar-refractivity contribution < 1.29 is 14.8 Å². The maximum Gasteiger partial charge on any atom is 0.242 e. The molecule has 4 N–H and O–H groups in total. The van der Waals surface area contributed by atoms with Crippen molar-refractivity contribution in [1.82, 2.24) is 10.2 Å². The molecule has 1 aliphatic heterocycles. The molecule has 7 nitrogen and oxygen atoms in total. The minimum atomic E-state index is -1.13. The molecule has 1 unspecified atom stereocenters. The third-order valence-electron chi connectivity index (χ3n) is 3.60. The number of amidine groups is 1. The largest absolute Gasteiger partial charge is 0.409 e. The van der Waals surface area contributed by atoms with E-state index in [1.807, 2.05) is 0 Å². The maximum absolute atomic E-state index is 12.5. The second-order valence-electron chi connectivity index (χ2n) is 5.23. The lowest BCUT2D eigenvalue weighted by atomic mass is 9.88. The van der Waals surface area contributed by atoms with Crippen LogP contribution in [-0.2, 0) is 9.59 Å². The first-order valence-corrected chi connectivity index (χ1v) is 6.37. The second-order valence-corrected chi connectivity index (χ2v) is 5.23. The van der Waals surface area contributed by atoms with Crippen molar-refractivity contribution in [1.29, 1.82) is 0 Å². The molecule has 19 heavy (non-hydrogen) atoms. The highest BCUT2D eigenvalue weighted by Gasteiger charge is 2.41. The predicted molar refractivity (Wildman–Crippen MR) is 70.6 cm³/mol. The van der Waals surface area contributed by atoms with Gasteiger partial charge in [-0.05, 0) is 33.1 Å². The second kappa shape index (κ2) is 5.90. The number of nitrogens with two attached hydrogens (primary N) is 1. The van der Waals surface area contributed by atoms with E-state index < -0.39 is 11.5 Å². The number of piperidine rings is 1. The van der Waals surface area contributed by atoms with Crippen molar-refractivity contribution in [3.63, 3.8) is 0 Å². The summed E-state index contributed by atoms with van der Waals surface area (Å²) in [6.07, 6.45) is 2.40. The van der Waals surface area contributed by atoms with Crippen molar-refractivity contribution in [2.45, 2.75) is 39.2 Å². The summed E-state index contributed by atoms with van der Waals surface area (Å²) in [6.45, 7) is 3.68. The molecular formula is C12H22N4O3. The molecule has 0 aromatic rings. The van der Waals surface area contributed by atoms with Crippen LogP contribution in [0.5, 0.6) is 0 Å². The Morgan fingerprint density at radius 1 is 1.42 bits per heavy atom. The standard InChI is InChI=1S/C12H22N4O3/c1-12(2,10(13)15-19)11(18)16-7-5-4-6-8(16)9(17)14-3/h8,19H,4-7H2,1-3H3,(H2,13,15)(H,14,17). The third kappa shape index (κ3) is 2.97. The number of likely N-dealkylation sites (N-methyl/N-ethyl adjacent to an activating group) is 1. The van der Waals surface area contributed by atoms with E-state index in [4.69, 9.17) is 10.9 Å². The number of carbonyl (C=O) groups excluding carboxylic acids is 2. The maximum atomic E-state index is 12.5.